The standard InChI is InChI=1S/C13H17NO2/c1-2-14-7-3-4-11-6-5-10(8-12(11)14)9-13(15)16/h5-6,8H,2-4,7,9H2,1H3,(H,15,16). The van der Waals surface area contributed by atoms with Gasteiger partial charge in [-0.15, -0.1) is 0 Å². The van der Waals surface area contributed by atoms with Gasteiger partial charge in [0.2, 0.25) is 0 Å². The van der Waals surface area contributed by atoms with Gasteiger partial charge >= 0.3 is 5.97 Å². The Labute approximate surface area is 95.7 Å². The Bertz CT molecular complexity index is 401. The molecule has 0 radical (unpaired) electrons. The third-order valence-corrected chi connectivity index (χ3v) is 3.10. The van der Waals surface area contributed by atoms with Gasteiger partial charge in [0.25, 0.3) is 0 Å². The summed E-state index contributed by atoms with van der Waals surface area (Å²) in [6.45, 7) is 4.21. The van der Waals surface area contributed by atoms with Crippen LogP contribution in [0, 0.1) is 0 Å². The summed E-state index contributed by atoms with van der Waals surface area (Å²) < 4.78 is 0. The zero-order valence-electron chi connectivity index (χ0n) is 9.57. The number of anilines is 1. The molecule has 0 aromatic heterocycles. The Morgan fingerprint density at radius 1 is 1.50 bits per heavy atom. The molecule has 0 atom stereocenters. The van der Waals surface area contributed by atoms with E-state index in [0.29, 0.717) is 0 Å². The van der Waals surface area contributed by atoms with E-state index in [9.17, 15) is 4.79 Å². The molecule has 0 spiro atoms. The Morgan fingerprint density at radius 2 is 2.31 bits per heavy atom. The molecule has 2 rings (SSSR count). The van der Waals surface area contributed by atoms with Crippen molar-refractivity contribution in [1.29, 1.82) is 0 Å². The first-order valence-electron chi connectivity index (χ1n) is 5.79. The van der Waals surface area contributed by atoms with Crippen molar-refractivity contribution in [2.45, 2.75) is 26.2 Å². The number of hydrogen-bond acceptors (Lipinski definition) is 2. The first-order valence-corrected chi connectivity index (χ1v) is 5.79. The van der Waals surface area contributed by atoms with Crippen LogP contribution in [-0.2, 0) is 17.6 Å². The number of nitrogens with zero attached hydrogens (tertiary/aromatic N) is 1. The fourth-order valence-corrected chi connectivity index (χ4v) is 2.31. The lowest BCUT2D eigenvalue weighted by Crippen LogP contribution is -2.29. The number of carboxylic acid groups (broad SMARTS) is 1. The molecule has 16 heavy (non-hydrogen) atoms. The van der Waals surface area contributed by atoms with Crippen molar-refractivity contribution in [3.05, 3.63) is 29.3 Å². The number of hydrogen-bond donors (Lipinski definition) is 1. The van der Waals surface area contributed by atoms with Gasteiger partial charge in [0.05, 0.1) is 6.42 Å². The lowest BCUT2D eigenvalue weighted by Gasteiger charge is -2.30. The molecule has 1 aliphatic rings. The minimum absolute atomic E-state index is 0.116. The van der Waals surface area contributed by atoms with Crippen LogP contribution in [0.25, 0.3) is 0 Å². The van der Waals surface area contributed by atoms with Gasteiger partial charge in [0, 0.05) is 18.8 Å². The van der Waals surface area contributed by atoms with Crippen LogP contribution >= 0.6 is 0 Å². The average Bonchev–Trinajstić information content (AvgIpc) is 2.27. The smallest absolute Gasteiger partial charge is 0.307 e. The largest absolute Gasteiger partial charge is 0.481 e. The number of aliphatic carboxylic acids is 1. The molecular formula is C13H17NO2. The first-order chi connectivity index (χ1) is 7.70. The van der Waals surface area contributed by atoms with Crippen LogP contribution in [0.1, 0.15) is 24.5 Å². The van der Waals surface area contributed by atoms with Crippen molar-refractivity contribution in [3.8, 4) is 0 Å². The predicted molar refractivity (Wildman–Crippen MR) is 64.0 cm³/mol. The quantitative estimate of drug-likeness (QED) is 0.846. The van der Waals surface area contributed by atoms with E-state index in [-0.39, 0.29) is 6.42 Å². The Balaban J connectivity index is 2.31. The van der Waals surface area contributed by atoms with Gasteiger partial charge < -0.3 is 10.0 Å². The van der Waals surface area contributed by atoms with Crippen molar-refractivity contribution in [1.82, 2.24) is 0 Å². The van der Waals surface area contributed by atoms with E-state index in [1.165, 1.54) is 17.7 Å². The molecule has 86 valence electrons. The van der Waals surface area contributed by atoms with Crippen molar-refractivity contribution in [3.63, 3.8) is 0 Å². The number of rotatable bonds is 3. The second kappa shape index (κ2) is 4.56. The van der Waals surface area contributed by atoms with Crippen molar-refractivity contribution < 1.29 is 9.90 Å². The monoisotopic (exact) mass is 219 g/mol. The highest BCUT2D eigenvalue weighted by Gasteiger charge is 2.16. The minimum Gasteiger partial charge on any atom is -0.481 e. The third kappa shape index (κ3) is 2.18. The van der Waals surface area contributed by atoms with Crippen LogP contribution in [-0.4, -0.2) is 24.2 Å². The van der Waals surface area contributed by atoms with E-state index in [4.69, 9.17) is 5.11 Å². The summed E-state index contributed by atoms with van der Waals surface area (Å²) >= 11 is 0. The lowest BCUT2D eigenvalue weighted by atomic mass is 9.98. The molecule has 0 bridgehead atoms. The summed E-state index contributed by atoms with van der Waals surface area (Å²) in [5, 5.41) is 8.78. The van der Waals surface area contributed by atoms with E-state index in [1.54, 1.807) is 0 Å². The van der Waals surface area contributed by atoms with E-state index in [2.05, 4.69) is 17.9 Å². The second-order valence-electron chi connectivity index (χ2n) is 4.22. The number of fused-ring (bicyclic) bond motifs is 1. The molecule has 1 heterocycles. The Morgan fingerprint density at radius 3 is 3.00 bits per heavy atom. The van der Waals surface area contributed by atoms with Crippen LogP contribution in [0.3, 0.4) is 0 Å². The van der Waals surface area contributed by atoms with Gasteiger partial charge in [0.1, 0.15) is 0 Å². The van der Waals surface area contributed by atoms with Gasteiger partial charge in [-0.3, -0.25) is 4.79 Å². The van der Waals surface area contributed by atoms with Crippen LogP contribution in [0.2, 0.25) is 0 Å². The number of carbonyl (C=O) groups is 1. The third-order valence-electron chi connectivity index (χ3n) is 3.10. The topological polar surface area (TPSA) is 40.5 Å². The predicted octanol–water partition coefficient (Wildman–Crippen LogP) is 2.09. The van der Waals surface area contributed by atoms with Crippen molar-refractivity contribution in [2.24, 2.45) is 0 Å². The molecule has 0 amide bonds. The summed E-state index contributed by atoms with van der Waals surface area (Å²) in [6.07, 6.45) is 2.42. The van der Waals surface area contributed by atoms with Crippen LogP contribution < -0.4 is 4.90 Å². The highest BCUT2D eigenvalue weighted by atomic mass is 16.4. The summed E-state index contributed by atoms with van der Waals surface area (Å²) in [6, 6.07) is 6.05. The molecule has 0 fully saturated rings. The van der Waals surface area contributed by atoms with E-state index < -0.39 is 5.97 Å². The van der Waals surface area contributed by atoms with Gasteiger partial charge in [-0.25, -0.2) is 0 Å². The van der Waals surface area contributed by atoms with Gasteiger partial charge in [-0.05, 0) is 37.0 Å². The summed E-state index contributed by atoms with van der Waals surface area (Å²) in [5.74, 6) is -0.765. The van der Waals surface area contributed by atoms with Crippen LogP contribution in [0.4, 0.5) is 5.69 Å². The maximum atomic E-state index is 10.7. The molecule has 1 aliphatic heterocycles. The molecule has 1 aromatic carbocycles. The Kier molecular flexibility index (Phi) is 3.13. The molecule has 1 aromatic rings. The van der Waals surface area contributed by atoms with Crippen LogP contribution in [0.5, 0.6) is 0 Å². The molecule has 0 saturated carbocycles. The van der Waals surface area contributed by atoms with E-state index >= 15 is 0 Å². The molecule has 0 unspecified atom stereocenters. The summed E-state index contributed by atoms with van der Waals surface area (Å²) in [5.41, 5.74) is 3.47. The fourth-order valence-electron chi connectivity index (χ4n) is 2.31. The molecule has 0 saturated heterocycles. The van der Waals surface area contributed by atoms with Gasteiger partial charge in [-0.1, -0.05) is 12.1 Å². The molecular weight excluding hydrogens is 202 g/mol. The maximum Gasteiger partial charge on any atom is 0.307 e. The van der Waals surface area contributed by atoms with Crippen molar-refractivity contribution >= 4 is 11.7 Å². The lowest BCUT2D eigenvalue weighted by molar-refractivity contribution is -0.136. The zero-order valence-corrected chi connectivity index (χ0v) is 9.57. The SMILES string of the molecule is CCN1CCCc2ccc(CC(=O)O)cc21. The highest BCUT2D eigenvalue weighted by Crippen LogP contribution is 2.28. The molecule has 0 aliphatic carbocycles. The average molecular weight is 219 g/mol. The normalized spacial score (nSPS) is 14.7. The fraction of sp³-hybridized carbons (Fsp3) is 0.462. The zero-order chi connectivity index (χ0) is 11.5. The van der Waals surface area contributed by atoms with Crippen LogP contribution in [0.15, 0.2) is 18.2 Å². The van der Waals surface area contributed by atoms with Gasteiger partial charge in [0.15, 0.2) is 0 Å². The number of benzene rings is 1. The van der Waals surface area contributed by atoms with Gasteiger partial charge in [-0.2, -0.15) is 0 Å². The van der Waals surface area contributed by atoms with E-state index in [1.807, 2.05) is 12.1 Å². The number of aryl methyl sites for hydroxylation is 1. The van der Waals surface area contributed by atoms with Crippen molar-refractivity contribution in [2.75, 3.05) is 18.0 Å². The highest BCUT2D eigenvalue weighted by molar-refractivity contribution is 5.71. The first kappa shape index (κ1) is 11.0. The molecule has 3 nitrogen and oxygen atoms in total. The minimum atomic E-state index is -0.765. The Hall–Kier alpha value is -1.51. The number of carboxylic acids is 1. The molecule has 1 N–H and O–H groups in total. The summed E-state index contributed by atoms with van der Waals surface area (Å²) in [7, 11) is 0. The second-order valence-corrected chi connectivity index (χ2v) is 4.22. The molecule has 3 heteroatoms. The maximum absolute atomic E-state index is 10.7. The van der Waals surface area contributed by atoms with E-state index in [0.717, 1.165) is 25.1 Å². The summed E-state index contributed by atoms with van der Waals surface area (Å²) in [4.78, 5) is 13.0.